The van der Waals surface area contributed by atoms with Crippen LogP contribution >= 0.6 is 22.9 Å². The van der Waals surface area contributed by atoms with Crippen molar-refractivity contribution in [2.45, 2.75) is 49.8 Å². The number of hydrogen-bond acceptors (Lipinski definition) is 7. The number of hydrogen-bond donors (Lipinski definition) is 5. The first-order valence-electron chi connectivity index (χ1n) is 12.2. The summed E-state index contributed by atoms with van der Waals surface area (Å²) in [5.74, 6) is -1.50. The summed E-state index contributed by atoms with van der Waals surface area (Å²) in [7, 11) is -4.20. The molecule has 13 heteroatoms. The van der Waals surface area contributed by atoms with Crippen molar-refractivity contribution >= 4 is 54.9 Å². The lowest BCUT2D eigenvalue weighted by atomic mass is 10.0. The molecule has 39 heavy (non-hydrogen) atoms. The first-order valence-corrected chi connectivity index (χ1v) is 14.9. The summed E-state index contributed by atoms with van der Waals surface area (Å²) in [6, 6.07) is 11.6. The van der Waals surface area contributed by atoms with Gasteiger partial charge in [-0.15, -0.1) is 11.3 Å². The van der Waals surface area contributed by atoms with Gasteiger partial charge < -0.3 is 20.8 Å². The minimum atomic E-state index is -4.20. The van der Waals surface area contributed by atoms with Crippen molar-refractivity contribution in [3.63, 3.8) is 0 Å². The highest BCUT2D eigenvalue weighted by atomic mass is 35.5. The monoisotopic (exact) mass is 599 g/mol. The summed E-state index contributed by atoms with van der Waals surface area (Å²) in [5.41, 5.74) is 0. The fourth-order valence-electron chi connectivity index (χ4n) is 3.80. The van der Waals surface area contributed by atoms with Gasteiger partial charge in [0.25, 0.3) is 0 Å². The number of carbonyl (C=O) groups is 2. The van der Waals surface area contributed by atoms with Crippen molar-refractivity contribution in [3.8, 4) is 0 Å². The molecule has 0 aliphatic carbocycles. The van der Waals surface area contributed by atoms with Crippen LogP contribution in [-0.2, 0) is 26.0 Å². The number of fused-ring (bicyclic) bond motifs is 1. The van der Waals surface area contributed by atoms with Gasteiger partial charge in [-0.1, -0.05) is 43.6 Å². The van der Waals surface area contributed by atoms with E-state index < -0.39 is 46.5 Å². The van der Waals surface area contributed by atoms with E-state index in [1.807, 2.05) is 44.2 Å². The van der Waals surface area contributed by atoms with E-state index in [1.54, 1.807) is 0 Å². The van der Waals surface area contributed by atoms with Crippen molar-refractivity contribution in [1.29, 1.82) is 0 Å². The Morgan fingerprint density at radius 1 is 1.05 bits per heavy atom. The molecule has 1 aromatic heterocycles. The molecule has 3 atom stereocenters. The largest absolute Gasteiger partial charge is 0.389 e. The summed E-state index contributed by atoms with van der Waals surface area (Å²) < 4.78 is 41.2. The normalized spacial score (nSPS) is 14.2. The van der Waals surface area contributed by atoms with E-state index in [9.17, 15) is 32.6 Å². The van der Waals surface area contributed by atoms with Crippen LogP contribution in [0.5, 0.6) is 0 Å². The fraction of sp³-hybridized carbons (Fsp3) is 0.385. The molecule has 0 aliphatic heterocycles. The third-order valence-corrected chi connectivity index (χ3v) is 8.79. The number of sulfonamides is 1. The maximum absolute atomic E-state index is 13.2. The number of thiophene rings is 1. The molecule has 0 saturated heterocycles. The van der Waals surface area contributed by atoms with Crippen molar-refractivity contribution in [2.75, 3.05) is 13.1 Å². The molecular formula is C26H31ClFN3O6S2. The molecule has 0 unspecified atom stereocenters. The predicted molar refractivity (Wildman–Crippen MR) is 149 cm³/mol. The highest BCUT2D eigenvalue weighted by molar-refractivity contribution is 7.89. The molecule has 0 bridgehead atoms. The zero-order valence-corrected chi connectivity index (χ0v) is 23.7. The first-order chi connectivity index (χ1) is 18.4. The quantitative estimate of drug-likeness (QED) is 0.204. The zero-order chi connectivity index (χ0) is 28.7. The Balaban J connectivity index is 1.52. The second-order valence-corrected chi connectivity index (χ2v) is 12.8. The highest BCUT2D eigenvalue weighted by Crippen LogP contribution is 2.25. The topological polar surface area (TPSA) is 145 Å². The SMILES string of the molecule is CC(C)C[C@H](NC(=O)Cc1cc2ccccc2s1)C(=O)NC[C@@H](O)[C@H](O)CNS(=O)(=O)c1ccc(F)cc1Cl. The lowest BCUT2D eigenvalue weighted by molar-refractivity contribution is -0.129. The van der Waals surface area contributed by atoms with Crippen LogP contribution in [-0.4, -0.2) is 61.8 Å². The maximum atomic E-state index is 13.2. The number of carbonyl (C=O) groups excluding carboxylic acids is 2. The molecule has 0 radical (unpaired) electrons. The molecular weight excluding hydrogens is 569 g/mol. The zero-order valence-electron chi connectivity index (χ0n) is 21.4. The third-order valence-electron chi connectivity index (χ3n) is 5.77. The molecule has 0 saturated carbocycles. The molecule has 2 aromatic carbocycles. The van der Waals surface area contributed by atoms with Crippen LogP contribution in [0.4, 0.5) is 4.39 Å². The molecule has 2 amide bonds. The van der Waals surface area contributed by atoms with E-state index in [0.717, 1.165) is 33.2 Å². The minimum absolute atomic E-state index is 0.0774. The van der Waals surface area contributed by atoms with Crippen LogP contribution in [0.2, 0.25) is 5.02 Å². The van der Waals surface area contributed by atoms with Gasteiger partial charge in [-0.05, 0) is 48.1 Å². The van der Waals surface area contributed by atoms with Crippen LogP contribution in [0.1, 0.15) is 25.1 Å². The molecule has 212 valence electrons. The van der Waals surface area contributed by atoms with E-state index in [2.05, 4.69) is 15.4 Å². The Hall–Kier alpha value is -2.61. The summed E-state index contributed by atoms with van der Waals surface area (Å²) in [6.45, 7) is 2.82. The second-order valence-electron chi connectivity index (χ2n) is 9.48. The molecule has 5 N–H and O–H groups in total. The van der Waals surface area contributed by atoms with Crippen molar-refractivity contribution in [3.05, 3.63) is 64.2 Å². The molecule has 0 aliphatic rings. The third kappa shape index (κ3) is 8.95. The maximum Gasteiger partial charge on any atom is 0.242 e. The summed E-state index contributed by atoms with van der Waals surface area (Å²) in [6.07, 6.45) is -2.64. The minimum Gasteiger partial charge on any atom is -0.389 e. The van der Waals surface area contributed by atoms with E-state index in [4.69, 9.17) is 11.6 Å². The molecule has 3 rings (SSSR count). The molecule has 0 spiro atoms. The standard InChI is InChI=1S/C26H31ClFN3O6S2/c1-15(2)9-20(31-25(34)12-18-10-16-5-3-4-6-23(16)38-18)26(35)29-13-21(32)22(33)14-30-39(36,37)24-8-7-17(28)11-19(24)27/h3-8,10-11,15,20-22,30,32-33H,9,12-14H2,1-2H3,(H,29,35)(H,31,34)/t20-,21+,22+/m0/s1. The number of aliphatic hydroxyl groups excluding tert-OH is 2. The Bertz CT molecular complexity index is 1380. The van der Waals surface area contributed by atoms with Gasteiger partial charge in [-0.25, -0.2) is 17.5 Å². The Morgan fingerprint density at radius 2 is 1.74 bits per heavy atom. The van der Waals surface area contributed by atoms with Crippen LogP contribution in [0, 0.1) is 11.7 Å². The number of benzene rings is 2. The number of amides is 2. The van der Waals surface area contributed by atoms with E-state index in [-0.39, 0.29) is 34.7 Å². The number of nitrogens with one attached hydrogen (secondary N) is 3. The Labute approximate surface area is 235 Å². The van der Waals surface area contributed by atoms with E-state index in [1.165, 1.54) is 11.3 Å². The van der Waals surface area contributed by atoms with Gasteiger partial charge in [0.2, 0.25) is 21.8 Å². The van der Waals surface area contributed by atoms with Gasteiger partial charge >= 0.3 is 0 Å². The average molecular weight is 600 g/mol. The summed E-state index contributed by atoms with van der Waals surface area (Å²) >= 11 is 7.30. The van der Waals surface area contributed by atoms with Gasteiger partial charge in [0, 0.05) is 22.7 Å². The first kappa shape index (κ1) is 30.9. The van der Waals surface area contributed by atoms with Crippen molar-refractivity contribution in [2.24, 2.45) is 5.92 Å². The number of halogens is 2. The van der Waals surface area contributed by atoms with Crippen LogP contribution in [0.15, 0.2) is 53.4 Å². The lowest BCUT2D eigenvalue weighted by Gasteiger charge is -2.23. The number of aliphatic hydroxyl groups is 2. The smallest absolute Gasteiger partial charge is 0.242 e. The molecule has 9 nitrogen and oxygen atoms in total. The highest BCUT2D eigenvalue weighted by Gasteiger charge is 2.26. The average Bonchev–Trinajstić information content (AvgIpc) is 3.26. The van der Waals surface area contributed by atoms with Crippen molar-refractivity contribution in [1.82, 2.24) is 15.4 Å². The summed E-state index contributed by atoms with van der Waals surface area (Å²) in [5, 5.41) is 26.4. The van der Waals surface area contributed by atoms with E-state index in [0.29, 0.717) is 6.42 Å². The molecule has 1 heterocycles. The van der Waals surface area contributed by atoms with Crippen LogP contribution < -0.4 is 15.4 Å². The molecule has 3 aromatic rings. The van der Waals surface area contributed by atoms with Gasteiger partial charge in [0.15, 0.2) is 0 Å². The lowest BCUT2D eigenvalue weighted by Crippen LogP contribution is -2.51. The van der Waals surface area contributed by atoms with Gasteiger partial charge in [-0.2, -0.15) is 0 Å². The molecule has 0 fully saturated rings. The van der Waals surface area contributed by atoms with Crippen molar-refractivity contribution < 1.29 is 32.6 Å². The summed E-state index contributed by atoms with van der Waals surface area (Å²) in [4.78, 5) is 26.0. The fourth-order valence-corrected chi connectivity index (χ4v) is 6.44. The Morgan fingerprint density at radius 3 is 2.41 bits per heavy atom. The van der Waals surface area contributed by atoms with Gasteiger partial charge in [0.05, 0.1) is 23.7 Å². The second kappa shape index (κ2) is 13.6. The van der Waals surface area contributed by atoms with Gasteiger partial charge in [-0.3, -0.25) is 9.59 Å². The predicted octanol–water partition coefficient (Wildman–Crippen LogP) is 2.58. The van der Waals surface area contributed by atoms with E-state index >= 15 is 0 Å². The van der Waals surface area contributed by atoms with Crippen LogP contribution in [0.25, 0.3) is 10.1 Å². The Kier molecular flexibility index (Phi) is 10.8. The van der Waals surface area contributed by atoms with Gasteiger partial charge in [0.1, 0.15) is 16.8 Å². The van der Waals surface area contributed by atoms with Crippen LogP contribution in [0.3, 0.4) is 0 Å². The number of rotatable bonds is 13.